The molecule has 0 spiro atoms. The molecule has 1 aliphatic heterocycles. The normalized spacial score (nSPS) is 25.8. The van der Waals surface area contributed by atoms with Crippen molar-refractivity contribution in [1.29, 1.82) is 0 Å². The van der Waals surface area contributed by atoms with Gasteiger partial charge in [0, 0.05) is 54.8 Å². The third-order valence-electron chi connectivity index (χ3n) is 7.91. The number of nitrogens with one attached hydrogen (secondary N) is 1. The lowest BCUT2D eigenvalue weighted by atomic mass is 9.99. The summed E-state index contributed by atoms with van der Waals surface area (Å²) in [5, 5.41) is 7.47. The van der Waals surface area contributed by atoms with Gasteiger partial charge in [0.25, 0.3) is 0 Å². The Hall–Kier alpha value is -3.03. The second kappa shape index (κ2) is 7.25. The number of ketones is 1. The van der Waals surface area contributed by atoms with E-state index in [2.05, 4.69) is 32.0 Å². The zero-order valence-electron chi connectivity index (χ0n) is 18.9. The predicted molar refractivity (Wildman–Crippen MR) is 120 cm³/mol. The first-order valence-electron chi connectivity index (χ1n) is 11.6. The first-order valence-corrected chi connectivity index (χ1v) is 11.6. The fraction of sp³-hybridized carbons (Fsp3) is 0.542. The third kappa shape index (κ3) is 3.24. The summed E-state index contributed by atoms with van der Waals surface area (Å²) in [5.74, 6) is 3.63. The van der Waals surface area contributed by atoms with Crippen LogP contribution in [0.1, 0.15) is 64.4 Å². The maximum atomic E-state index is 12.9. The second-order valence-corrected chi connectivity index (χ2v) is 9.88. The van der Waals surface area contributed by atoms with Crippen molar-refractivity contribution in [3.63, 3.8) is 0 Å². The van der Waals surface area contributed by atoms with Crippen LogP contribution in [0.2, 0.25) is 0 Å². The van der Waals surface area contributed by atoms with Gasteiger partial charge in [-0.05, 0) is 50.0 Å². The number of H-pyrrole nitrogens is 1. The lowest BCUT2D eigenvalue weighted by Gasteiger charge is -2.19. The van der Waals surface area contributed by atoms with Crippen LogP contribution in [0.15, 0.2) is 18.7 Å². The average molecular weight is 432 g/mol. The fourth-order valence-electron chi connectivity index (χ4n) is 5.67. The van der Waals surface area contributed by atoms with Crippen LogP contribution in [-0.2, 0) is 13.0 Å². The minimum atomic E-state index is 0.0763. The third-order valence-corrected chi connectivity index (χ3v) is 7.91. The minimum absolute atomic E-state index is 0.0763. The molecule has 0 amide bonds. The van der Waals surface area contributed by atoms with Gasteiger partial charge in [0.15, 0.2) is 5.78 Å². The van der Waals surface area contributed by atoms with E-state index in [9.17, 15) is 4.79 Å². The molecule has 3 aliphatic rings. The number of aromatic amines is 1. The molecule has 8 nitrogen and oxygen atoms in total. The SMILES string of the molecule is Cc1nc(N2CC3C(C)C3C2)ncc1Cn1cnc(C(=O)CC2CCc3c2n[nH]c3C)c1. The maximum absolute atomic E-state index is 12.9. The number of aryl methyl sites for hydroxylation is 2. The summed E-state index contributed by atoms with van der Waals surface area (Å²) in [4.78, 5) is 29.0. The molecule has 0 radical (unpaired) electrons. The molecule has 2 fully saturated rings. The van der Waals surface area contributed by atoms with Gasteiger partial charge in [-0.25, -0.2) is 15.0 Å². The Balaban J connectivity index is 1.10. The molecular formula is C24H29N7O. The highest BCUT2D eigenvalue weighted by atomic mass is 16.1. The molecule has 166 valence electrons. The van der Waals surface area contributed by atoms with Crippen molar-refractivity contribution in [2.45, 2.75) is 52.5 Å². The molecule has 4 heterocycles. The first-order chi connectivity index (χ1) is 15.5. The number of rotatable bonds is 6. The van der Waals surface area contributed by atoms with Crippen molar-refractivity contribution in [1.82, 2.24) is 29.7 Å². The molecule has 1 saturated carbocycles. The van der Waals surface area contributed by atoms with Crippen LogP contribution >= 0.6 is 0 Å². The van der Waals surface area contributed by atoms with Gasteiger partial charge in [-0.2, -0.15) is 5.10 Å². The number of carbonyl (C=O) groups excluding carboxylic acids is 1. The van der Waals surface area contributed by atoms with Crippen LogP contribution in [0.4, 0.5) is 5.95 Å². The number of fused-ring (bicyclic) bond motifs is 2. The summed E-state index contributed by atoms with van der Waals surface area (Å²) >= 11 is 0. The molecule has 3 atom stereocenters. The molecule has 1 N–H and O–H groups in total. The van der Waals surface area contributed by atoms with Crippen LogP contribution in [0.5, 0.6) is 0 Å². The van der Waals surface area contributed by atoms with Gasteiger partial charge < -0.3 is 9.47 Å². The van der Waals surface area contributed by atoms with Crippen molar-refractivity contribution in [2.24, 2.45) is 17.8 Å². The number of nitrogens with zero attached hydrogens (tertiary/aromatic N) is 6. The number of carbonyl (C=O) groups is 1. The molecule has 2 aliphatic carbocycles. The van der Waals surface area contributed by atoms with Gasteiger partial charge in [0.05, 0.1) is 18.6 Å². The Morgan fingerprint density at radius 3 is 2.81 bits per heavy atom. The lowest BCUT2D eigenvalue weighted by molar-refractivity contribution is 0.0968. The molecule has 3 unspecified atom stereocenters. The fourth-order valence-corrected chi connectivity index (χ4v) is 5.67. The molecule has 1 saturated heterocycles. The largest absolute Gasteiger partial charge is 0.340 e. The molecule has 0 bridgehead atoms. The lowest BCUT2D eigenvalue weighted by Crippen LogP contribution is -2.26. The van der Waals surface area contributed by atoms with E-state index in [4.69, 9.17) is 4.98 Å². The number of hydrogen-bond acceptors (Lipinski definition) is 6. The van der Waals surface area contributed by atoms with E-state index < -0.39 is 0 Å². The number of piperidine rings is 1. The van der Waals surface area contributed by atoms with Crippen molar-refractivity contribution >= 4 is 11.7 Å². The molecule has 32 heavy (non-hydrogen) atoms. The molecule has 3 aromatic heterocycles. The molecule has 8 heteroatoms. The highest BCUT2D eigenvalue weighted by Gasteiger charge is 2.53. The summed E-state index contributed by atoms with van der Waals surface area (Å²) in [5.41, 5.74) is 6.03. The van der Waals surface area contributed by atoms with Gasteiger partial charge in [0.1, 0.15) is 5.69 Å². The summed E-state index contributed by atoms with van der Waals surface area (Å²) < 4.78 is 1.95. The molecule has 0 aromatic carbocycles. The summed E-state index contributed by atoms with van der Waals surface area (Å²) in [6.45, 7) is 9.20. The standard InChI is InChI=1S/C24H29N7O/c1-13-19-9-31(10-20(13)19)24-25-7-17(14(2)27-24)8-30-11-21(26-12-30)22(32)6-16-4-5-18-15(3)28-29-23(16)18/h7,11-13,16,19-20H,4-6,8-10H2,1-3H3,(H,28,29). The van der Waals surface area contributed by atoms with E-state index in [0.29, 0.717) is 18.7 Å². The number of hydrogen-bond donors (Lipinski definition) is 1. The van der Waals surface area contributed by atoms with E-state index in [-0.39, 0.29) is 11.7 Å². The Morgan fingerprint density at radius 1 is 1.22 bits per heavy atom. The zero-order valence-corrected chi connectivity index (χ0v) is 18.9. The van der Waals surface area contributed by atoms with Crippen LogP contribution in [0.25, 0.3) is 0 Å². The van der Waals surface area contributed by atoms with Gasteiger partial charge in [-0.3, -0.25) is 9.89 Å². The highest BCUT2D eigenvalue weighted by Crippen LogP contribution is 2.51. The van der Waals surface area contributed by atoms with E-state index in [0.717, 1.165) is 72.3 Å². The Kier molecular flexibility index (Phi) is 4.45. The first kappa shape index (κ1) is 19.6. The second-order valence-electron chi connectivity index (χ2n) is 9.88. The van der Waals surface area contributed by atoms with E-state index in [1.165, 1.54) is 5.56 Å². The summed E-state index contributed by atoms with van der Waals surface area (Å²) in [6, 6.07) is 0. The van der Waals surface area contributed by atoms with Gasteiger partial charge >= 0.3 is 0 Å². The Morgan fingerprint density at radius 2 is 2.03 bits per heavy atom. The monoisotopic (exact) mass is 431 g/mol. The van der Waals surface area contributed by atoms with Crippen LogP contribution < -0.4 is 4.90 Å². The van der Waals surface area contributed by atoms with Crippen molar-refractivity contribution in [3.8, 4) is 0 Å². The number of anilines is 1. The van der Waals surface area contributed by atoms with E-state index >= 15 is 0 Å². The smallest absolute Gasteiger partial charge is 0.225 e. The maximum Gasteiger partial charge on any atom is 0.225 e. The van der Waals surface area contributed by atoms with Crippen molar-refractivity contribution < 1.29 is 4.79 Å². The van der Waals surface area contributed by atoms with Crippen molar-refractivity contribution in [3.05, 3.63) is 52.6 Å². The molecular weight excluding hydrogens is 402 g/mol. The summed E-state index contributed by atoms with van der Waals surface area (Å²) in [6.07, 6.45) is 7.94. The van der Waals surface area contributed by atoms with E-state index in [1.807, 2.05) is 30.8 Å². The quantitative estimate of drug-likeness (QED) is 0.603. The van der Waals surface area contributed by atoms with Crippen LogP contribution in [0.3, 0.4) is 0 Å². The highest BCUT2D eigenvalue weighted by molar-refractivity contribution is 5.94. The van der Waals surface area contributed by atoms with E-state index in [1.54, 1.807) is 6.33 Å². The van der Waals surface area contributed by atoms with Crippen molar-refractivity contribution in [2.75, 3.05) is 18.0 Å². The van der Waals surface area contributed by atoms with Crippen LogP contribution in [0, 0.1) is 31.6 Å². The Labute approximate surface area is 187 Å². The minimum Gasteiger partial charge on any atom is -0.340 e. The average Bonchev–Trinajstić information content (AvgIpc) is 3.36. The number of Topliss-reactive ketones (excluding diaryl/α,β-unsaturated/α-hetero) is 1. The number of aromatic nitrogens is 6. The van der Waals surface area contributed by atoms with Crippen LogP contribution in [-0.4, -0.2) is 48.6 Å². The predicted octanol–water partition coefficient (Wildman–Crippen LogP) is 3.07. The topological polar surface area (TPSA) is 92.6 Å². The molecule has 3 aromatic rings. The van der Waals surface area contributed by atoms with Gasteiger partial charge in [0.2, 0.25) is 5.95 Å². The van der Waals surface area contributed by atoms with Gasteiger partial charge in [-0.15, -0.1) is 0 Å². The summed E-state index contributed by atoms with van der Waals surface area (Å²) in [7, 11) is 0. The van der Waals surface area contributed by atoms with Gasteiger partial charge in [-0.1, -0.05) is 6.92 Å². The molecule has 6 rings (SSSR count). The Bertz CT molecular complexity index is 1180. The zero-order chi connectivity index (χ0) is 22.0. The number of imidazole rings is 1.